The molecule has 1 amide bonds. The lowest BCUT2D eigenvalue weighted by atomic mass is 10.1. The molecule has 1 aromatic heterocycles. The van der Waals surface area contributed by atoms with Crippen LogP contribution < -0.4 is 11.1 Å². The maximum absolute atomic E-state index is 11.7. The van der Waals surface area contributed by atoms with E-state index in [-0.39, 0.29) is 11.7 Å². The molecule has 0 fully saturated rings. The van der Waals surface area contributed by atoms with Gasteiger partial charge in [-0.1, -0.05) is 23.8 Å². The second-order valence-electron chi connectivity index (χ2n) is 4.22. The van der Waals surface area contributed by atoms with Gasteiger partial charge in [-0.15, -0.1) is 0 Å². The quantitative estimate of drug-likeness (QED) is 0.877. The molecule has 2 rings (SSSR count). The molecule has 2 aromatic rings. The van der Waals surface area contributed by atoms with Crippen molar-refractivity contribution in [3.63, 3.8) is 0 Å². The fraction of sp³-hybridized carbons (Fsp3) is 0.214. The number of nitrogens with one attached hydrogen (secondary N) is 1. The molecule has 0 aliphatic rings. The molecule has 0 spiro atoms. The Labute approximate surface area is 111 Å². The Morgan fingerprint density at radius 3 is 2.84 bits per heavy atom. The van der Waals surface area contributed by atoms with Crippen molar-refractivity contribution in [2.45, 2.75) is 13.8 Å². The first-order valence-electron chi connectivity index (χ1n) is 6.09. The number of anilines is 1. The Bertz CT molecular complexity index is 610. The molecule has 0 unspecified atom stereocenters. The van der Waals surface area contributed by atoms with E-state index in [4.69, 9.17) is 5.73 Å². The van der Waals surface area contributed by atoms with E-state index < -0.39 is 0 Å². The molecular weight excluding hydrogens is 240 g/mol. The van der Waals surface area contributed by atoms with Crippen LogP contribution in [0.25, 0.3) is 11.4 Å². The molecular formula is C14H16N4O. The zero-order chi connectivity index (χ0) is 13.8. The van der Waals surface area contributed by atoms with Crippen molar-refractivity contribution in [3.8, 4) is 11.4 Å². The summed E-state index contributed by atoms with van der Waals surface area (Å²) in [5.41, 5.74) is 8.12. The van der Waals surface area contributed by atoms with Crippen LogP contribution in [0.1, 0.15) is 22.8 Å². The molecule has 0 aliphatic heterocycles. The Balaban J connectivity index is 2.36. The van der Waals surface area contributed by atoms with E-state index in [1.165, 1.54) is 6.20 Å². The molecule has 5 nitrogen and oxygen atoms in total. The summed E-state index contributed by atoms with van der Waals surface area (Å²) in [4.78, 5) is 20.1. The highest BCUT2D eigenvalue weighted by Gasteiger charge is 2.12. The molecule has 0 radical (unpaired) electrons. The highest BCUT2D eigenvalue weighted by molar-refractivity contribution is 5.98. The number of carbonyl (C=O) groups excluding carboxylic acids is 1. The van der Waals surface area contributed by atoms with Gasteiger partial charge in [-0.25, -0.2) is 9.97 Å². The van der Waals surface area contributed by atoms with Crippen LogP contribution in [-0.2, 0) is 0 Å². The summed E-state index contributed by atoms with van der Waals surface area (Å²) in [6, 6.07) is 7.81. The third-order valence-electron chi connectivity index (χ3n) is 2.68. The molecule has 0 aliphatic carbocycles. The molecule has 19 heavy (non-hydrogen) atoms. The molecule has 0 atom stereocenters. The SMILES string of the molecule is CCNC(=O)c1cnc(-c2cccc(C)c2)nc1N. The summed E-state index contributed by atoms with van der Waals surface area (Å²) >= 11 is 0. The fourth-order valence-corrected chi connectivity index (χ4v) is 1.75. The number of hydrogen-bond donors (Lipinski definition) is 2. The Morgan fingerprint density at radius 2 is 2.21 bits per heavy atom. The van der Waals surface area contributed by atoms with Crippen molar-refractivity contribution in [1.29, 1.82) is 0 Å². The Morgan fingerprint density at radius 1 is 1.42 bits per heavy atom. The molecule has 5 heteroatoms. The number of rotatable bonds is 3. The van der Waals surface area contributed by atoms with E-state index in [1.54, 1.807) is 0 Å². The average Bonchev–Trinajstić information content (AvgIpc) is 2.38. The van der Waals surface area contributed by atoms with E-state index in [1.807, 2.05) is 38.1 Å². The van der Waals surface area contributed by atoms with Gasteiger partial charge < -0.3 is 11.1 Å². The fourth-order valence-electron chi connectivity index (χ4n) is 1.75. The first-order valence-corrected chi connectivity index (χ1v) is 6.09. The van der Waals surface area contributed by atoms with Gasteiger partial charge in [0.25, 0.3) is 5.91 Å². The minimum absolute atomic E-state index is 0.192. The molecule has 3 N–H and O–H groups in total. The van der Waals surface area contributed by atoms with Crippen molar-refractivity contribution < 1.29 is 4.79 Å². The summed E-state index contributed by atoms with van der Waals surface area (Å²) in [6.07, 6.45) is 1.46. The monoisotopic (exact) mass is 256 g/mol. The number of aryl methyl sites for hydroxylation is 1. The number of amides is 1. The van der Waals surface area contributed by atoms with Crippen molar-refractivity contribution in [2.24, 2.45) is 0 Å². The van der Waals surface area contributed by atoms with Crippen LogP contribution in [0.15, 0.2) is 30.5 Å². The minimum Gasteiger partial charge on any atom is -0.383 e. The largest absolute Gasteiger partial charge is 0.383 e. The van der Waals surface area contributed by atoms with Gasteiger partial charge in [0.15, 0.2) is 5.82 Å². The van der Waals surface area contributed by atoms with E-state index >= 15 is 0 Å². The summed E-state index contributed by atoms with van der Waals surface area (Å²) in [5.74, 6) is 0.461. The topological polar surface area (TPSA) is 80.9 Å². The average molecular weight is 256 g/mol. The first kappa shape index (κ1) is 13.0. The van der Waals surface area contributed by atoms with Gasteiger partial charge >= 0.3 is 0 Å². The third kappa shape index (κ3) is 2.88. The van der Waals surface area contributed by atoms with Gasteiger partial charge in [0.1, 0.15) is 5.82 Å². The maximum Gasteiger partial charge on any atom is 0.256 e. The van der Waals surface area contributed by atoms with Crippen LogP contribution in [0.2, 0.25) is 0 Å². The van der Waals surface area contributed by atoms with Crippen molar-refractivity contribution in [1.82, 2.24) is 15.3 Å². The number of nitrogens with zero attached hydrogens (tertiary/aromatic N) is 2. The second-order valence-corrected chi connectivity index (χ2v) is 4.22. The van der Waals surface area contributed by atoms with Crippen molar-refractivity contribution >= 4 is 11.7 Å². The highest BCUT2D eigenvalue weighted by atomic mass is 16.1. The molecule has 98 valence electrons. The summed E-state index contributed by atoms with van der Waals surface area (Å²) in [5, 5.41) is 2.67. The lowest BCUT2D eigenvalue weighted by molar-refractivity contribution is 0.0956. The summed E-state index contributed by atoms with van der Waals surface area (Å²) < 4.78 is 0. The van der Waals surface area contributed by atoms with Crippen LogP contribution in [0.5, 0.6) is 0 Å². The molecule has 1 heterocycles. The standard InChI is InChI=1S/C14H16N4O/c1-3-16-14(19)11-8-17-13(18-12(11)15)10-6-4-5-9(2)7-10/h4-8H,3H2,1-2H3,(H,16,19)(H2,15,17,18). The number of nitrogens with two attached hydrogens (primary N) is 1. The lowest BCUT2D eigenvalue weighted by Crippen LogP contribution is -2.24. The Hall–Kier alpha value is -2.43. The van der Waals surface area contributed by atoms with Gasteiger partial charge in [0, 0.05) is 18.3 Å². The zero-order valence-electron chi connectivity index (χ0n) is 11.0. The molecule has 0 bridgehead atoms. The first-order chi connectivity index (χ1) is 9.11. The lowest BCUT2D eigenvalue weighted by Gasteiger charge is -2.07. The van der Waals surface area contributed by atoms with E-state index in [2.05, 4.69) is 15.3 Å². The maximum atomic E-state index is 11.7. The molecule has 1 aromatic carbocycles. The summed E-state index contributed by atoms with van der Waals surface area (Å²) in [6.45, 7) is 4.38. The van der Waals surface area contributed by atoms with Gasteiger partial charge in [0.05, 0.1) is 5.56 Å². The number of carbonyl (C=O) groups is 1. The van der Waals surface area contributed by atoms with Gasteiger partial charge in [-0.05, 0) is 19.9 Å². The second kappa shape index (κ2) is 5.48. The number of benzene rings is 1. The van der Waals surface area contributed by atoms with Crippen LogP contribution in [0.3, 0.4) is 0 Å². The van der Waals surface area contributed by atoms with E-state index in [0.717, 1.165) is 11.1 Å². The normalized spacial score (nSPS) is 10.2. The number of hydrogen-bond acceptors (Lipinski definition) is 4. The zero-order valence-corrected chi connectivity index (χ0v) is 11.0. The van der Waals surface area contributed by atoms with Crippen LogP contribution in [-0.4, -0.2) is 22.4 Å². The van der Waals surface area contributed by atoms with E-state index in [9.17, 15) is 4.79 Å². The van der Waals surface area contributed by atoms with Gasteiger partial charge in [-0.3, -0.25) is 4.79 Å². The Kier molecular flexibility index (Phi) is 3.75. The molecule has 0 saturated heterocycles. The predicted octanol–water partition coefficient (Wildman–Crippen LogP) is 1.78. The smallest absolute Gasteiger partial charge is 0.256 e. The van der Waals surface area contributed by atoms with Gasteiger partial charge in [-0.2, -0.15) is 0 Å². The van der Waals surface area contributed by atoms with Gasteiger partial charge in [0.2, 0.25) is 0 Å². The minimum atomic E-state index is -0.254. The van der Waals surface area contributed by atoms with Crippen LogP contribution >= 0.6 is 0 Å². The van der Waals surface area contributed by atoms with Crippen LogP contribution in [0.4, 0.5) is 5.82 Å². The summed E-state index contributed by atoms with van der Waals surface area (Å²) in [7, 11) is 0. The van der Waals surface area contributed by atoms with E-state index in [0.29, 0.717) is 17.9 Å². The highest BCUT2D eigenvalue weighted by Crippen LogP contribution is 2.18. The number of aromatic nitrogens is 2. The predicted molar refractivity (Wildman–Crippen MR) is 74.6 cm³/mol. The van der Waals surface area contributed by atoms with Crippen molar-refractivity contribution in [2.75, 3.05) is 12.3 Å². The molecule has 0 saturated carbocycles. The van der Waals surface area contributed by atoms with Crippen molar-refractivity contribution in [3.05, 3.63) is 41.6 Å². The number of nitrogen functional groups attached to an aromatic ring is 1. The third-order valence-corrected chi connectivity index (χ3v) is 2.68. The van der Waals surface area contributed by atoms with Crippen LogP contribution in [0, 0.1) is 6.92 Å².